The molecule has 90 valence electrons. The van der Waals surface area contributed by atoms with Crippen molar-refractivity contribution in [3.05, 3.63) is 23.4 Å². The van der Waals surface area contributed by atoms with Crippen molar-refractivity contribution in [3.63, 3.8) is 0 Å². The highest BCUT2D eigenvalue weighted by Gasteiger charge is 2.04. The minimum atomic E-state index is 0.551. The van der Waals surface area contributed by atoms with Crippen LogP contribution in [0.2, 0.25) is 0 Å². The third-order valence-corrected chi connectivity index (χ3v) is 2.40. The van der Waals surface area contributed by atoms with Gasteiger partial charge in [0.25, 0.3) is 0 Å². The van der Waals surface area contributed by atoms with E-state index < -0.39 is 0 Å². The molecule has 0 bridgehead atoms. The smallest absolute Gasteiger partial charge is 0.128 e. The van der Waals surface area contributed by atoms with E-state index >= 15 is 0 Å². The van der Waals surface area contributed by atoms with Crippen LogP contribution in [0.4, 0.5) is 5.82 Å². The second-order valence-electron chi connectivity index (χ2n) is 3.80. The first-order valence-corrected chi connectivity index (χ1v) is 5.64. The van der Waals surface area contributed by atoms with E-state index in [2.05, 4.69) is 9.88 Å². The van der Waals surface area contributed by atoms with E-state index in [1.54, 1.807) is 0 Å². The Balaban J connectivity index is 2.66. The Bertz CT molecular complexity index is 328. The van der Waals surface area contributed by atoms with E-state index in [0.717, 1.165) is 36.8 Å². The van der Waals surface area contributed by atoms with Gasteiger partial charge in [0.05, 0.1) is 6.61 Å². The molecular formula is C12H21N3O. The molecule has 1 aromatic rings. The Kier molecular flexibility index (Phi) is 5.22. The number of ether oxygens (including phenoxy) is 1. The molecule has 0 saturated carbocycles. The van der Waals surface area contributed by atoms with E-state index in [0.29, 0.717) is 6.54 Å². The number of hydrogen-bond acceptors (Lipinski definition) is 4. The molecule has 2 N–H and O–H groups in total. The van der Waals surface area contributed by atoms with Crippen LogP contribution in [0.5, 0.6) is 0 Å². The number of aromatic nitrogens is 1. The zero-order chi connectivity index (χ0) is 12.0. The summed E-state index contributed by atoms with van der Waals surface area (Å²) in [6, 6.07) is 4.04. The monoisotopic (exact) mass is 223 g/mol. The van der Waals surface area contributed by atoms with Crippen LogP contribution < -0.4 is 10.6 Å². The average Bonchev–Trinajstić information content (AvgIpc) is 2.28. The summed E-state index contributed by atoms with van der Waals surface area (Å²) in [6.07, 6.45) is 0. The molecule has 0 spiro atoms. The van der Waals surface area contributed by atoms with E-state index in [4.69, 9.17) is 10.5 Å². The van der Waals surface area contributed by atoms with E-state index in [1.165, 1.54) is 0 Å². The van der Waals surface area contributed by atoms with Gasteiger partial charge in [0, 0.05) is 32.4 Å². The van der Waals surface area contributed by atoms with Crippen molar-refractivity contribution in [2.75, 3.05) is 31.7 Å². The van der Waals surface area contributed by atoms with Crippen LogP contribution in [0.15, 0.2) is 12.1 Å². The molecule has 0 atom stereocenters. The van der Waals surface area contributed by atoms with Crippen molar-refractivity contribution in [2.45, 2.75) is 20.4 Å². The minimum Gasteiger partial charge on any atom is -0.380 e. The maximum Gasteiger partial charge on any atom is 0.128 e. The molecule has 0 fully saturated rings. The molecule has 4 nitrogen and oxygen atoms in total. The average molecular weight is 223 g/mol. The van der Waals surface area contributed by atoms with Gasteiger partial charge in [-0.2, -0.15) is 0 Å². The van der Waals surface area contributed by atoms with Gasteiger partial charge in [0.15, 0.2) is 0 Å². The molecule has 1 rings (SSSR count). The summed E-state index contributed by atoms with van der Waals surface area (Å²) in [4.78, 5) is 6.56. The Morgan fingerprint density at radius 1 is 1.44 bits per heavy atom. The third-order valence-electron chi connectivity index (χ3n) is 2.40. The first-order chi connectivity index (χ1) is 7.67. The van der Waals surface area contributed by atoms with Gasteiger partial charge in [-0.3, -0.25) is 0 Å². The van der Waals surface area contributed by atoms with Crippen molar-refractivity contribution in [1.82, 2.24) is 4.98 Å². The highest BCUT2D eigenvalue weighted by atomic mass is 16.5. The van der Waals surface area contributed by atoms with Crippen LogP contribution in [-0.2, 0) is 11.3 Å². The molecule has 16 heavy (non-hydrogen) atoms. The van der Waals surface area contributed by atoms with Crippen LogP contribution in [0.25, 0.3) is 0 Å². The second-order valence-corrected chi connectivity index (χ2v) is 3.80. The summed E-state index contributed by atoms with van der Waals surface area (Å²) in [7, 11) is 2.01. The molecule has 0 saturated heterocycles. The number of anilines is 1. The quantitative estimate of drug-likeness (QED) is 0.739. The largest absolute Gasteiger partial charge is 0.380 e. The maximum atomic E-state index is 5.64. The molecular weight excluding hydrogens is 202 g/mol. The molecule has 4 heteroatoms. The number of aryl methyl sites for hydroxylation is 1. The zero-order valence-electron chi connectivity index (χ0n) is 10.4. The van der Waals surface area contributed by atoms with Crippen LogP contribution in [0, 0.1) is 6.92 Å². The zero-order valence-corrected chi connectivity index (χ0v) is 10.4. The highest BCUT2D eigenvalue weighted by Crippen LogP contribution is 2.13. The summed E-state index contributed by atoms with van der Waals surface area (Å²) < 4.78 is 5.32. The van der Waals surface area contributed by atoms with Crippen molar-refractivity contribution < 1.29 is 4.74 Å². The molecule has 0 unspecified atom stereocenters. The maximum absolute atomic E-state index is 5.64. The highest BCUT2D eigenvalue weighted by molar-refractivity contribution is 5.41. The Hall–Kier alpha value is -1.13. The van der Waals surface area contributed by atoms with Gasteiger partial charge in [-0.15, -0.1) is 0 Å². The van der Waals surface area contributed by atoms with Crippen LogP contribution in [0.3, 0.4) is 0 Å². The number of nitrogens with two attached hydrogens (primary N) is 1. The topological polar surface area (TPSA) is 51.4 Å². The predicted molar refractivity (Wildman–Crippen MR) is 66.6 cm³/mol. The van der Waals surface area contributed by atoms with Gasteiger partial charge in [-0.05, 0) is 31.5 Å². The van der Waals surface area contributed by atoms with Crippen molar-refractivity contribution in [2.24, 2.45) is 5.73 Å². The summed E-state index contributed by atoms with van der Waals surface area (Å²) in [5.74, 6) is 0.958. The summed E-state index contributed by atoms with van der Waals surface area (Å²) in [5, 5.41) is 0. The standard InChI is InChI=1S/C12H21N3O/c1-4-16-6-5-15(3)12-8-11(9-13)7-10(2)14-12/h7-8H,4-6,9,13H2,1-3H3. The van der Waals surface area contributed by atoms with E-state index in [-0.39, 0.29) is 0 Å². The second kappa shape index (κ2) is 6.45. The lowest BCUT2D eigenvalue weighted by Gasteiger charge is -2.19. The normalized spacial score (nSPS) is 10.5. The number of hydrogen-bond donors (Lipinski definition) is 1. The summed E-state index contributed by atoms with van der Waals surface area (Å²) >= 11 is 0. The Morgan fingerprint density at radius 2 is 2.19 bits per heavy atom. The predicted octanol–water partition coefficient (Wildman–Crippen LogP) is 1.32. The SMILES string of the molecule is CCOCCN(C)c1cc(CN)cc(C)n1. The fraction of sp³-hybridized carbons (Fsp3) is 0.583. The van der Waals surface area contributed by atoms with Crippen LogP contribution in [-0.4, -0.2) is 31.8 Å². The molecule has 1 heterocycles. The number of pyridine rings is 1. The van der Waals surface area contributed by atoms with Crippen molar-refractivity contribution in [3.8, 4) is 0 Å². The summed E-state index contributed by atoms with van der Waals surface area (Å²) in [5.41, 5.74) is 7.76. The molecule has 0 aliphatic heterocycles. The van der Waals surface area contributed by atoms with Crippen molar-refractivity contribution >= 4 is 5.82 Å². The fourth-order valence-electron chi connectivity index (χ4n) is 1.49. The van der Waals surface area contributed by atoms with E-state index in [1.807, 2.05) is 33.0 Å². The van der Waals surface area contributed by atoms with Gasteiger partial charge in [0.1, 0.15) is 5.82 Å². The van der Waals surface area contributed by atoms with Gasteiger partial charge in [-0.25, -0.2) is 4.98 Å². The van der Waals surface area contributed by atoms with Crippen LogP contribution in [0.1, 0.15) is 18.2 Å². The Morgan fingerprint density at radius 3 is 2.81 bits per heavy atom. The summed E-state index contributed by atoms with van der Waals surface area (Å²) in [6.45, 7) is 6.85. The lowest BCUT2D eigenvalue weighted by atomic mass is 10.2. The molecule has 1 aromatic heterocycles. The molecule has 0 radical (unpaired) electrons. The van der Waals surface area contributed by atoms with Gasteiger partial charge < -0.3 is 15.4 Å². The van der Waals surface area contributed by atoms with Gasteiger partial charge in [0.2, 0.25) is 0 Å². The molecule has 0 amide bonds. The minimum absolute atomic E-state index is 0.551. The first-order valence-electron chi connectivity index (χ1n) is 5.64. The molecule has 0 aromatic carbocycles. The molecule has 0 aliphatic carbocycles. The lowest BCUT2D eigenvalue weighted by molar-refractivity contribution is 0.154. The van der Waals surface area contributed by atoms with Gasteiger partial charge in [-0.1, -0.05) is 0 Å². The number of nitrogens with zero attached hydrogens (tertiary/aromatic N) is 2. The third kappa shape index (κ3) is 3.79. The van der Waals surface area contributed by atoms with Crippen LogP contribution >= 0.6 is 0 Å². The Labute approximate surface area is 97.4 Å². The lowest BCUT2D eigenvalue weighted by Crippen LogP contribution is -2.24. The first kappa shape index (κ1) is 12.9. The fourth-order valence-corrected chi connectivity index (χ4v) is 1.49. The van der Waals surface area contributed by atoms with Crippen molar-refractivity contribution in [1.29, 1.82) is 0 Å². The molecule has 0 aliphatic rings. The van der Waals surface area contributed by atoms with E-state index in [9.17, 15) is 0 Å². The number of rotatable bonds is 6. The number of likely N-dealkylation sites (N-methyl/N-ethyl adjacent to an activating group) is 1. The van der Waals surface area contributed by atoms with Gasteiger partial charge >= 0.3 is 0 Å².